The van der Waals surface area contributed by atoms with Gasteiger partial charge < -0.3 is 10.1 Å². The van der Waals surface area contributed by atoms with Crippen LogP contribution >= 0.6 is 15.9 Å². The molecule has 0 saturated heterocycles. The Hall–Kier alpha value is -1.82. The third-order valence-electron chi connectivity index (χ3n) is 2.36. The molecule has 2 rings (SSSR count). The van der Waals surface area contributed by atoms with Crippen molar-refractivity contribution < 1.29 is 9.53 Å². The van der Waals surface area contributed by atoms with Gasteiger partial charge in [0.15, 0.2) is 5.69 Å². The minimum absolute atomic E-state index is 0.271. The molecule has 1 amide bonds. The molecule has 2 aromatic rings. The molecular weight excluding hydrogens is 298 g/mol. The molecular formula is C12H12BrN3O2. The Labute approximate surface area is 113 Å². The summed E-state index contributed by atoms with van der Waals surface area (Å²) < 4.78 is 7.47. The summed E-state index contributed by atoms with van der Waals surface area (Å²) in [5.74, 6) is 0.265. The zero-order valence-electron chi connectivity index (χ0n) is 9.98. The van der Waals surface area contributed by atoms with Gasteiger partial charge in [0.1, 0.15) is 0 Å². The molecule has 0 atom stereocenters. The number of nitrogens with one attached hydrogen (secondary N) is 1. The van der Waals surface area contributed by atoms with E-state index in [4.69, 9.17) is 4.74 Å². The fraction of sp³-hybridized carbons (Fsp3) is 0.167. The number of amides is 1. The molecule has 0 bridgehead atoms. The molecule has 1 aromatic carbocycles. The van der Waals surface area contributed by atoms with Crippen LogP contribution in [0.15, 0.2) is 34.8 Å². The van der Waals surface area contributed by atoms with E-state index in [-0.39, 0.29) is 5.91 Å². The van der Waals surface area contributed by atoms with E-state index in [1.165, 1.54) is 11.8 Å². The predicted octanol–water partition coefficient (Wildman–Crippen LogP) is 2.44. The van der Waals surface area contributed by atoms with Gasteiger partial charge in [0, 0.05) is 23.3 Å². The van der Waals surface area contributed by atoms with E-state index in [1.54, 1.807) is 13.1 Å². The van der Waals surface area contributed by atoms with E-state index in [2.05, 4.69) is 26.3 Å². The van der Waals surface area contributed by atoms with Crippen molar-refractivity contribution in [1.29, 1.82) is 0 Å². The molecule has 0 aliphatic heterocycles. The van der Waals surface area contributed by atoms with Gasteiger partial charge in [-0.05, 0) is 18.2 Å². The fourth-order valence-corrected chi connectivity index (χ4v) is 1.91. The summed E-state index contributed by atoms with van der Waals surface area (Å²) in [5, 5.41) is 6.83. The number of methoxy groups -OCH3 is 1. The van der Waals surface area contributed by atoms with E-state index in [0.29, 0.717) is 17.3 Å². The number of aromatic nitrogens is 2. The van der Waals surface area contributed by atoms with Crippen LogP contribution in [-0.4, -0.2) is 22.8 Å². The van der Waals surface area contributed by atoms with Gasteiger partial charge in [0.25, 0.3) is 5.91 Å². The van der Waals surface area contributed by atoms with Gasteiger partial charge in [-0.25, -0.2) is 4.68 Å². The van der Waals surface area contributed by atoms with Crippen molar-refractivity contribution in [2.75, 3.05) is 12.4 Å². The number of carbonyl (C=O) groups is 1. The van der Waals surface area contributed by atoms with Crippen LogP contribution in [0.25, 0.3) is 0 Å². The van der Waals surface area contributed by atoms with E-state index >= 15 is 0 Å². The van der Waals surface area contributed by atoms with Crippen molar-refractivity contribution >= 4 is 27.5 Å². The number of nitrogens with zero attached hydrogens (tertiary/aromatic N) is 2. The zero-order chi connectivity index (χ0) is 13.1. The highest BCUT2D eigenvalue weighted by Gasteiger charge is 2.13. The Kier molecular flexibility index (Phi) is 3.66. The summed E-state index contributed by atoms with van der Waals surface area (Å²) in [6, 6.07) is 8.95. The molecule has 18 heavy (non-hydrogen) atoms. The smallest absolute Gasteiger partial charge is 0.276 e. The first-order valence-electron chi connectivity index (χ1n) is 5.25. The van der Waals surface area contributed by atoms with Crippen LogP contribution in [0.5, 0.6) is 5.88 Å². The number of halogens is 1. The summed E-state index contributed by atoms with van der Waals surface area (Å²) in [7, 11) is 3.25. The quantitative estimate of drug-likeness (QED) is 0.947. The number of benzene rings is 1. The predicted molar refractivity (Wildman–Crippen MR) is 71.9 cm³/mol. The molecule has 0 unspecified atom stereocenters. The second-order valence-electron chi connectivity index (χ2n) is 3.66. The van der Waals surface area contributed by atoms with Gasteiger partial charge in [0.05, 0.1) is 7.11 Å². The van der Waals surface area contributed by atoms with Crippen molar-refractivity contribution in [1.82, 2.24) is 9.78 Å². The number of ether oxygens (including phenoxy) is 1. The van der Waals surface area contributed by atoms with E-state index in [9.17, 15) is 4.79 Å². The van der Waals surface area contributed by atoms with Crippen LogP contribution in [-0.2, 0) is 7.05 Å². The van der Waals surface area contributed by atoms with Crippen molar-refractivity contribution in [3.63, 3.8) is 0 Å². The number of aryl methyl sites for hydroxylation is 1. The third-order valence-corrected chi connectivity index (χ3v) is 2.85. The van der Waals surface area contributed by atoms with Crippen LogP contribution in [0.3, 0.4) is 0 Å². The molecule has 0 fully saturated rings. The molecule has 1 aromatic heterocycles. The molecule has 5 nitrogen and oxygen atoms in total. The highest BCUT2D eigenvalue weighted by atomic mass is 79.9. The number of rotatable bonds is 3. The lowest BCUT2D eigenvalue weighted by Gasteiger charge is -2.02. The van der Waals surface area contributed by atoms with Crippen LogP contribution in [0.2, 0.25) is 0 Å². The highest BCUT2D eigenvalue weighted by Crippen LogP contribution is 2.17. The van der Waals surface area contributed by atoms with Gasteiger partial charge in [0.2, 0.25) is 5.88 Å². The van der Waals surface area contributed by atoms with Crippen molar-refractivity contribution in [2.24, 2.45) is 7.05 Å². The normalized spacial score (nSPS) is 10.2. The molecule has 0 spiro atoms. The zero-order valence-corrected chi connectivity index (χ0v) is 11.6. The Morgan fingerprint density at radius 3 is 2.83 bits per heavy atom. The molecule has 6 heteroatoms. The Bertz CT molecular complexity index is 580. The molecule has 0 aliphatic rings. The molecule has 0 aliphatic carbocycles. The number of hydrogen-bond acceptors (Lipinski definition) is 3. The monoisotopic (exact) mass is 309 g/mol. The fourth-order valence-electron chi connectivity index (χ4n) is 1.51. The van der Waals surface area contributed by atoms with Crippen LogP contribution in [0, 0.1) is 0 Å². The largest absolute Gasteiger partial charge is 0.481 e. The second kappa shape index (κ2) is 5.22. The maximum absolute atomic E-state index is 11.9. The van der Waals surface area contributed by atoms with Crippen LogP contribution in [0.4, 0.5) is 5.69 Å². The van der Waals surface area contributed by atoms with Crippen molar-refractivity contribution in [3.05, 3.63) is 40.5 Å². The maximum Gasteiger partial charge on any atom is 0.276 e. The summed E-state index contributed by atoms with van der Waals surface area (Å²) in [6.07, 6.45) is 0. The van der Waals surface area contributed by atoms with E-state index in [0.717, 1.165) is 4.47 Å². The maximum atomic E-state index is 11.9. The van der Waals surface area contributed by atoms with Crippen LogP contribution in [0.1, 0.15) is 10.5 Å². The Balaban J connectivity index is 2.16. The van der Waals surface area contributed by atoms with Gasteiger partial charge in [-0.2, -0.15) is 5.10 Å². The molecule has 94 valence electrons. The van der Waals surface area contributed by atoms with Gasteiger partial charge >= 0.3 is 0 Å². The number of carbonyl (C=O) groups excluding carboxylic acids is 1. The lowest BCUT2D eigenvalue weighted by atomic mass is 10.3. The van der Waals surface area contributed by atoms with Crippen LogP contribution < -0.4 is 10.1 Å². The molecule has 0 radical (unpaired) electrons. The summed E-state index contributed by atoms with van der Waals surface area (Å²) in [5.41, 5.74) is 1.02. The van der Waals surface area contributed by atoms with Crippen molar-refractivity contribution in [2.45, 2.75) is 0 Å². The van der Waals surface area contributed by atoms with E-state index < -0.39 is 0 Å². The Morgan fingerprint density at radius 1 is 1.44 bits per heavy atom. The van der Waals surface area contributed by atoms with Gasteiger partial charge in [-0.15, -0.1) is 0 Å². The van der Waals surface area contributed by atoms with E-state index in [1.807, 2.05) is 24.3 Å². The minimum atomic E-state index is -0.271. The molecule has 1 N–H and O–H groups in total. The topological polar surface area (TPSA) is 56.1 Å². The first kappa shape index (κ1) is 12.6. The summed E-state index contributed by atoms with van der Waals surface area (Å²) >= 11 is 3.34. The average Bonchev–Trinajstić information content (AvgIpc) is 2.70. The first-order valence-corrected chi connectivity index (χ1v) is 6.04. The minimum Gasteiger partial charge on any atom is -0.481 e. The summed E-state index contributed by atoms with van der Waals surface area (Å²) in [4.78, 5) is 11.9. The lowest BCUT2D eigenvalue weighted by Crippen LogP contribution is -2.12. The molecule has 0 saturated carbocycles. The van der Waals surface area contributed by atoms with Gasteiger partial charge in [-0.1, -0.05) is 22.0 Å². The highest BCUT2D eigenvalue weighted by molar-refractivity contribution is 9.10. The van der Waals surface area contributed by atoms with Gasteiger partial charge in [-0.3, -0.25) is 4.79 Å². The average molecular weight is 310 g/mol. The first-order chi connectivity index (χ1) is 8.60. The third kappa shape index (κ3) is 2.70. The standard InChI is InChI=1S/C12H12BrN3O2/c1-16-11(18-2)7-10(15-16)12(17)14-9-5-3-4-8(13)6-9/h3-7H,1-2H3,(H,14,17). The second-order valence-corrected chi connectivity index (χ2v) is 4.58. The summed E-state index contributed by atoms with van der Waals surface area (Å²) in [6.45, 7) is 0. The number of anilines is 1. The molecule has 1 heterocycles. The SMILES string of the molecule is COc1cc(C(=O)Nc2cccc(Br)c2)nn1C. The van der Waals surface area contributed by atoms with Crippen molar-refractivity contribution in [3.8, 4) is 5.88 Å². The number of hydrogen-bond donors (Lipinski definition) is 1. The Morgan fingerprint density at radius 2 is 2.22 bits per heavy atom. The lowest BCUT2D eigenvalue weighted by molar-refractivity contribution is 0.102.